The SMILES string of the molecule is Cc1ccc(S(=O)(=O)OCC2COCC2O)cc1. The van der Waals surface area contributed by atoms with E-state index in [1.807, 2.05) is 6.92 Å². The van der Waals surface area contributed by atoms with Gasteiger partial charge in [-0.25, -0.2) is 0 Å². The standard InChI is InChI=1S/C12H16O5S/c1-9-2-4-11(5-3-9)18(14,15)17-7-10-6-16-8-12(10)13/h2-5,10,12-13H,6-8H2,1H3. The Bertz CT molecular complexity index is 494. The van der Waals surface area contributed by atoms with Crippen LogP contribution < -0.4 is 0 Å². The molecule has 0 radical (unpaired) electrons. The van der Waals surface area contributed by atoms with E-state index in [0.717, 1.165) is 5.56 Å². The molecule has 1 heterocycles. The first-order valence-electron chi connectivity index (χ1n) is 5.71. The highest BCUT2D eigenvalue weighted by molar-refractivity contribution is 7.86. The van der Waals surface area contributed by atoms with E-state index in [4.69, 9.17) is 8.92 Å². The number of aliphatic hydroxyl groups is 1. The van der Waals surface area contributed by atoms with Crippen molar-refractivity contribution in [1.82, 2.24) is 0 Å². The Labute approximate surface area is 106 Å². The molecule has 18 heavy (non-hydrogen) atoms. The van der Waals surface area contributed by atoms with Crippen LogP contribution in [-0.2, 0) is 19.0 Å². The van der Waals surface area contributed by atoms with Gasteiger partial charge in [-0.05, 0) is 19.1 Å². The minimum Gasteiger partial charge on any atom is -0.390 e. The normalized spacial score (nSPS) is 24.3. The molecule has 2 unspecified atom stereocenters. The maximum atomic E-state index is 11.9. The van der Waals surface area contributed by atoms with Crippen molar-refractivity contribution in [2.75, 3.05) is 19.8 Å². The van der Waals surface area contributed by atoms with Gasteiger partial charge in [0.05, 0.1) is 30.8 Å². The fourth-order valence-corrected chi connectivity index (χ4v) is 2.66. The summed E-state index contributed by atoms with van der Waals surface area (Å²) in [5.41, 5.74) is 0.980. The lowest BCUT2D eigenvalue weighted by molar-refractivity contribution is 0.105. The lowest BCUT2D eigenvalue weighted by Crippen LogP contribution is -2.24. The third-order valence-corrected chi connectivity index (χ3v) is 4.21. The number of ether oxygens (including phenoxy) is 1. The summed E-state index contributed by atoms with van der Waals surface area (Å²) in [5, 5.41) is 9.49. The average Bonchev–Trinajstić information content (AvgIpc) is 2.73. The molecule has 1 aliphatic heterocycles. The predicted octanol–water partition coefficient (Wildman–Crippen LogP) is 0.708. The summed E-state index contributed by atoms with van der Waals surface area (Å²) >= 11 is 0. The van der Waals surface area contributed by atoms with E-state index in [2.05, 4.69) is 0 Å². The Balaban J connectivity index is 2.01. The topological polar surface area (TPSA) is 72.8 Å². The molecule has 5 nitrogen and oxygen atoms in total. The number of rotatable bonds is 4. The van der Waals surface area contributed by atoms with Gasteiger partial charge in [0.25, 0.3) is 10.1 Å². The minimum atomic E-state index is -3.75. The summed E-state index contributed by atoms with van der Waals surface area (Å²) in [4.78, 5) is 0.126. The summed E-state index contributed by atoms with van der Waals surface area (Å²) in [6.45, 7) is 2.38. The van der Waals surface area contributed by atoms with Gasteiger partial charge in [0.2, 0.25) is 0 Å². The lowest BCUT2D eigenvalue weighted by atomic mass is 10.1. The fourth-order valence-electron chi connectivity index (χ4n) is 1.70. The van der Waals surface area contributed by atoms with Crippen molar-refractivity contribution in [3.8, 4) is 0 Å². The molecule has 0 amide bonds. The molecule has 1 aromatic rings. The van der Waals surface area contributed by atoms with Crippen molar-refractivity contribution in [2.24, 2.45) is 5.92 Å². The van der Waals surface area contributed by atoms with Gasteiger partial charge in [-0.15, -0.1) is 0 Å². The van der Waals surface area contributed by atoms with Crippen LogP contribution in [0, 0.1) is 12.8 Å². The third-order valence-electron chi connectivity index (χ3n) is 2.91. The summed E-state index contributed by atoms with van der Waals surface area (Å²) in [5.74, 6) is -0.287. The van der Waals surface area contributed by atoms with Crippen LogP contribution in [0.3, 0.4) is 0 Å². The van der Waals surface area contributed by atoms with E-state index in [0.29, 0.717) is 6.61 Å². The van der Waals surface area contributed by atoms with Crippen LogP contribution in [0.2, 0.25) is 0 Å². The molecule has 2 atom stereocenters. The Morgan fingerprint density at radius 1 is 1.33 bits per heavy atom. The van der Waals surface area contributed by atoms with Crippen LogP contribution in [-0.4, -0.2) is 39.4 Å². The van der Waals surface area contributed by atoms with Crippen LogP contribution in [0.25, 0.3) is 0 Å². The van der Waals surface area contributed by atoms with E-state index in [1.54, 1.807) is 12.1 Å². The second-order valence-corrected chi connectivity index (χ2v) is 6.03. The average molecular weight is 272 g/mol. The minimum absolute atomic E-state index is 0.0582. The van der Waals surface area contributed by atoms with Gasteiger partial charge in [0, 0.05) is 5.92 Å². The van der Waals surface area contributed by atoms with Gasteiger partial charge in [-0.3, -0.25) is 4.18 Å². The first kappa shape index (κ1) is 13.5. The zero-order chi connectivity index (χ0) is 13.2. The summed E-state index contributed by atoms with van der Waals surface area (Å²) in [7, 11) is -3.75. The monoisotopic (exact) mass is 272 g/mol. The van der Waals surface area contributed by atoms with Crippen molar-refractivity contribution < 1.29 is 22.4 Å². The highest BCUT2D eigenvalue weighted by Crippen LogP contribution is 2.18. The van der Waals surface area contributed by atoms with E-state index in [1.165, 1.54) is 12.1 Å². The molecular formula is C12H16O5S. The molecule has 0 spiro atoms. The highest BCUT2D eigenvalue weighted by atomic mass is 32.2. The second-order valence-electron chi connectivity index (χ2n) is 4.42. The Hall–Kier alpha value is -0.950. The van der Waals surface area contributed by atoms with Gasteiger partial charge in [0.15, 0.2) is 0 Å². The molecule has 0 aromatic heterocycles. The number of hydrogen-bond donors (Lipinski definition) is 1. The van der Waals surface area contributed by atoms with E-state index in [-0.39, 0.29) is 24.0 Å². The zero-order valence-corrected chi connectivity index (χ0v) is 10.9. The molecule has 1 saturated heterocycles. The fraction of sp³-hybridized carbons (Fsp3) is 0.500. The number of aryl methyl sites for hydroxylation is 1. The third kappa shape index (κ3) is 3.08. The largest absolute Gasteiger partial charge is 0.390 e. The van der Waals surface area contributed by atoms with Crippen LogP contribution >= 0.6 is 0 Å². The second kappa shape index (κ2) is 5.36. The molecule has 1 aliphatic rings. The summed E-state index contributed by atoms with van der Waals surface area (Å²) < 4.78 is 33.7. The zero-order valence-electron chi connectivity index (χ0n) is 10.1. The van der Waals surface area contributed by atoms with Gasteiger partial charge in [-0.1, -0.05) is 17.7 Å². The molecule has 0 saturated carbocycles. The van der Waals surface area contributed by atoms with Crippen LogP contribution in [0.4, 0.5) is 0 Å². The molecule has 100 valence electrons. The van der Waals surface area contributed by atoms with Crippen molar-refractivity contribution in [3.63, 3.8) is 0 Å². The molecule has 1 fully saturated rings. The molecule has 6 heteroatoms. The summed E-state index contributed by atoms with van der Waals surface area (Å²) in [6.07, 6.45) is -0.654. The molecule has 1 aromatic carbocycles. The van der Waals surface area contributed by atoms with Crippen molar-refractivity contribution in [1.29, 1.82) is 0 Å². The van der Waals surface area contributed by atoms with Crippen molar-refractivity contribution >= 4 is 10.1 Å². The molecule has 0 aliphatic carbocycles. The molecule has 1 N–H and O–H groups in total. The Morgan fingerprint density at radius 3 is 2.56 bits per heavy atom. The van der Waals surface area contributed by atoms with Gasteiger partial charge >= 0.3 is 0 Å². The molecule has 0 bridgehead atoms. The number of hydrogen-bond acceptors (Lipinski definition) is 5. The first-order chi connectivity index (χ1) is 8.49. The Kier molecular flexibility index (Phi) is 4.01. The maximum absolute atomic E-state index is 11.9. The quantitative estimate of drug-likeness (QED) is 0.817. The Morgan fingerprint density at radius 2 is 2.00 bits per heavy atom. The highest BCUT2D eigenvalue weighted by Gasteiger charge is 2.28. The molecular weight excluding hydrogens is 256 g/mol. The first-order valence-corrected chi connectivity index (χ1v) is 7.12. The van der Waals surface area contributed by atoms with E-state index < -0.39 is 16.2 Å². The lowest BCUT2D eigenvalue weighted by Gasteiger charge is -2.12. The molecule has 2 rings (SSSR count). The smallest absolute Gasteiger partial charge is 0.296 e. The number of benzene rings is 1. The predicted molar refractivity (Wildman–Crippen MR) is 64.6 cm³/mol. The van der Waals surface area contributed by atoms with Crippen LogP contribution in [0.1, 0.15) is 5.56 Å². The number of aliphatic hydroxyl groups excluding tert-OH is 1. The maximum Gasteiger partial charge on any atom is 0.296 e. The summed E-state index contributed by atoms with van der Waals surface area (Å²) in [6, 6.07) is 6.44. The van der Waals surface area contributed by atoms with E-state index >= 15 is 0 Å². The van der Waals surface area contributed by atoms with Gasteiger partial charge in [0.1, 0.15) is 0 Å². The van der Waals surface area contributed by atoms with Crippen molar-refractivity contribution in [2.45, 2.75) is 17.9 Å². The van der Waals surface area contributed by atoms with Gasteiger partial charge < -0.3 is 9.84 Å². The van der Waals surface area contributed by atoms with E-state index in [9.17, 15) is 13.5 Å². The van der Waals surface area contributed by atoms with Crippen LogP contribution in [0.15, 0.2) is 29.2 Å². The van der Waals surface area contributed by atoms with Crippen LogP contribution in [0.5, 0.6) is 0 Å². The van der Waals surface area contributed by atoms with Crippen molar-refractivity contribution in [3.05, 3.63) is 29.8 Å². The van der Waals surface area contributed by atoms with Gasteiger partial charge in [-0.2, -0.15) is 8.42 Å².